The van der Waals surface area contributed by atoms with Crippen LogP contribution < -0.4 is 0 Å². The number of ether oxygens (including phenoxy) is 2. The van der Waals surface area contributed by atoms with Gasteiger partial charge in [-0.05, 0) is 0 Å². The molecule has 88 valence electrons. The Hall–Kier alpha value is 0.620. The minimum atomic E-state index is -1.22. The molecular weight excluding hydrogens is 242 g/mol. The molecular formula is C7H14O6P2. The molecule has 2 rings (SSSR count). The number of hydrogen-bond donors (Lipinski definition) is 0. The van der Waals surface area contributed by atoms with Gasteiger partial charge in [-0.3, -0.25) is 0 Å². The van der Waals surface area contributed by atoms with E-state index in [-0.39, 0.29) is 0 Å². The summed E-state index contributed by atoms with van der Waals surface area (Å²) in [4.78, 5) is 0. The van der Waals surface area contributed by atoms with Crippen molar-refractivity contribution in [3.63, 3.8) is 0 Å². The fourth-order valence-electron chi connectivity index (χ4n) is 1.22. The maximum Gasteiger partial charge on any atom is 0.332 e. The van der Waals surface area contributed by atoms with E-state index < -0.39 is 22.5 Å². The van der Waals surface area contributed by atoms with Crippen LogP contribution in [0.1, 0.15) is 0 Å². The smallest absolute Gasteiger partial charge is 0.332 e. The van der Waals surface area contributed by atoms with Crippen LogP contribution in [-0.4, -0.2) is 45.9 Å². The summed E-state index contributed by atoms with van der Waals surface area (Å²) in [5.74, 6) is -0.755. The molecule has 0 aliphatic carbocycles. The van der Waals surface area contributed by atoms with E-state index in [2.05, 4.69) is 0 Å². The zero-order chi connectivity index (χ0) is 10.7. The molecule has 2 aliphatic heterocycles. The summed E-state index contributed by atoms with van der Waals surface area (Å²) in [5, 5.41) is 0. The first-order chi connectivity index (χ1) is 7.28. The van der Waals surface area contributed by atoms with E-state index >= 15 is 0 Å². The standard InChI is InChI=1S/C7H14O6P2/c1-8-14-5-10-7(11-6-14)3-12-15(9-2)13-4-7/h3-6H2,1-2H3. The van der Waals surface area contributed by atoms with Gasteiger partial charge in [-0.15, -0.1) is 0 Å². The van der Waals surface area contributed by atoms with E-state index in [1.165, 1.54) is 0 Å². The SMILES string of the molecule is COP1COC2(COP(OC)OC2)OC1. The lowest BCUT2D eigenvalue weighted by Crippen LogP contribution is -2.49. The molecule has 0 saturated carbocycles. The predicted molar refractivity (Wildman–Crippen MR) is 54.4 cm³/mol. The van der Waals surface area contributed by atoms with Crippen molar-refractivity contribution in [3.8, 4) is 0 Å². The third kappa shape index (κ3) is 2.84. The van der Waals surface area contributed by atoms with E-state index in [0.717, 1.165) is 0 Å². The first-order valence-electron chi connectivity index (χ1n) is 4.45. The summed E-state index contributed by atoms with van der Waals surface area (Å²) in [6.07, 6.45) is 1.12. The Kier molecular flexibility index (Phi) is 4.27. The molecule has 0 aromatic carbocycles. The zero-order valence-electron chi connectivity index (χ0n) is 8.67. The Balaban J connectivity index is 1.83. The van der Waals surface area contributed by atoms with Crippen LogP contribution in [-0.2, 0) is 27.6 Å². The van der Waals surface area contributed by atoms with Gasteiger partial charge < -0.3 is 27.6 Å². The van der Waals surface area contributed by atoms with E-state index in [9.17, 15) is 0 Å². The van der Waals surface area contributed by atoms with Gasteiger partial charge in [0.1, 0.15) is 13.2 Å². The molecule has 2 fully saturated rings. The molecule has 1 spiro atoms. The molecule has 2 heterocycles. The summed E-state index contributed by atoms with van der Waals surface area (Å²) in [6, 6.07) is 0. The van der Waals surface area contributed by atoms with Crippen molar-refractivity contribution in [1.29, 1.82) is 0 Å². The van der Waals surface area contributed by atoms with Gasteiger partial charge in [0.15, 0.2) is 0 Å². The summed E-state index contributed by atoms with van der Waals surface area (Å²) in [6.45, 7) is 0.693. The topological polar surface area (TPSA) is 55.4 Å². The molecule has 0 aromatic heterocycles. The Bertz CT molecular complexity index is 174. The van der Waals surface area contributed by atoms with Crippen LogP contribution in [0.2, 0.25) is 0 Å². The summed E-state index contributed by atoms with van der Waals surface area (Å²) in [7, 11) is 1.38. The summed E-state index contributed by atoms with van der Waals surface area (Å²) in [5.41, 5.74) is 0. The van der Waals surface area contributed by atoms with Crippen LogP contribution in [0.5, 0.6) is 0 Å². The van der Waals surface area contributed by atoms with E-state index in [4.69, 9.17) is 27.6 Å². The molecule has 2 saturated heterocycles. The highest BCUT2D eigenvalue weighted by atomic mass is 31.2. The van der Waals surface area contributed by atoms with Crippen LogP contribution in [0.3, 0.4) is 0 Å². The quantitative estimate of drug-likeness (QED) is 0.699. The molecule has 0 atom stereocenters. The second-order valence-corrected chi connectivity index (χ2v) is 6.25. The van der Waals surface area contributed by atoms with Crippen LogP contribution in [0.15, 0.2) is 0 Å². The van der Waals surface area contributed by atoms with Crippen molar-refractivity contribution in [2.75, 3.05) is 40.1 Å². The van der Waals surface area contributed by atoms with Gasteiger partial charge in [0.05, 0.1) is 20.8 Å². The number of rotatable bonds is 2. The lowest BCUT2D eigenvalue weighted by molar-refractivity contribution is -0.270. The third-order valence-electron chi connectivity index (χ3n) is 2.13. The zero-order valence-corrected chi connectivity index (χ0v) is 10.5. The Morgan fingerprint density at radius 1 is 1.00 bits per heavy atom. The second kappa shape index (κ2) is 5.30. The van der Waals surface area contributed by atoms with Crippen LogP contribution in [0.25, 0.3) is 0 Å². The van der Waals surface area contributed by atoms with Crippen molar-refractivity contribution in [3.05, 3.63) is 0 Å². The first kappa shape index (κ1) is 12.1. The second-order valence-electron chi connectivity index (χ2n) is 3.07. The van der Waals surface area contributed by atoms with E-state index in [1.54, 1.807) is 14.2 Å². The van der Waals surface area contributed by atoms with Gasteiger partial charge in [-0.1, -0.05) is 0 Å². The van der Waals surface area contributed by atoms with Crippen molar-refractivity contribution < 1.29 is 27.6 Å². The predicted octanol–water partition coefficient (Wildman–Crippen LogP) is 1.61. The molecule has 0 N–H and O–H groups in total. The Morgan fingerprint density at radius 2 is 1.60 bits per heavy atom. The molecule has 6 nitrogen and oxygen atoms in total. The Labute approximate surface area is 90.9 Å². The highest BCUT2D eigenvalue weighted by molar-refractivity contribution is 7.52. The highest BCUT2D eigenvalue weighted by Gasteiger charge is 2.43. The summed E-state index contributed by atoms with van der Waals surface area (Å²) >= 11 is 0. The molecule has 8 heteroatoms. The molecule has 0 amide bonds. The Morgan fingerprint density at radius 3 is 2.07 bits per heavy atom. The summed E-state index contributed by atoms with van der Waals surface area (Å²) < 4.78 is 32.0. The fraction of sp³-hybridized carbons (Fsp3) is 1.00. The molecule has 2 aliphatic rings. The van der Waals surface area contributed by atoms with Gasteiger partial charge in [0.25, 0.3) is 0 Å². The number of hydrogen-bond acceptors (Lipinski definition) is 6. The molecule has 0 bridgehead atoms. The maximum absolute atomic E-state index is 5.59. The van der Waals surface area contributed by atoms with E-state index in [1.807, 2.05) is 0 Å². The van der Waals surface area contributed by atoms with Crippen molar-refractivity contribution in [2.45, 2.75) is 5.79 Å². The molecule has 15 heavy (non-hydrogen) atoms. The van der Waals surface area contributed by atoms with Gasteiger partial charge in [0, 0.05) is 14.2 Å². The van der Waals surface area contributed by atoms with Crippen molar-refractivity contribution in [1.82, 2.24) is 0 Å². The lowest BCUT2D eigenvalue weighted by Gasteiger charge is -2.41. The van der Waals surface area contributed by atoms with Crippen LogP contribution in [0.4, 0.5) is 0 Å². The average molecular weight is 256 g/mol. The first-order valence-corrected chi connectivity index (χ1v) is 7.17. The molecule has 0 unspecified atom stereocenters. The lowest BCUT2D eigenvalue weighted by atomic mass is 10.3. The van der Waals surface area contributed by atoms with Gasteiger partial charge >= 0.3 is 8.60 Å². The largest absolute Gasteiger partial charge is 0.358 e. The minimum Gasteiger partial charge on any atom is -0.358 e. The van der Waals surface area contributed by atoms with E-state index in [0.29, 0.717) is 25.9 Å². The van der Waals surface area contributed by atoms with Crippen molar-refractivity contribution in [2.24, 2.45) is 0 Å². The van der Waals surface area contributed by atoms with Crippen LogP contribution in [0, 0.1) is 0 Å². The van der Waals surface area contributed by atoms with Crippen LogP contribution >= 0.6 is 16.8 Å². The van der Waals surface area contributed by atoms with Gasteiger partial charge in [-0.2, -0.15) is 0 Å². The average Bonchev–Trinajstić information content (AvgIpc) is 2.31. The minimum absolute atomic E-state index is 0.347. The maximum atomic E-state index is 5.59. The third-order valence-corrected chi connectivity index (χ3v) is 4.46. The van der Waals surface area contributed by atoms with Gasteiger partial charge in [0.2, 0.25) is 5.79 Å². The van der Waals surface area contributed by atoms with Gasteiger partial charge in [-0.25, -0.2) is 0 Å². The molecule has 0 radical (unpaired) electrons. The van der Waals surface area contributed by atoms with Crippen molar-refractivity contribution >= 4 is 16.8 Å². The normalized spacial score (nSPS) is 42.0. The molecule has 0 aromatic rings. The highest BCUT2D eigenvalue weighted by Crippen LogP contribution is 2.49. The monoisotopic (exact) mass is 256 g/mol. The fourth-order valence-corrected chi connectivity index (χ4v) is 3.15.